The van der Waals surface area contributed by atoms with Crippen molar-refractivity contribution in [2.45, 2.75) is 32.4 Å². The average Bonchev–Trinajstić information content (AvgIpc) is 1.80. The third-order valence-electron chi connectivity index (χ3n) is 2.14. The van der Waals surface area contributed by atoms with Crippen molar-refractivity contribution in [3.63, 3.8) is 0 Å². The Morgan fingerprint density at radius 3 is 2.67 bits per heavy atom. The molecule has 0 radical (unpaired) electrons. The molecular weight excluding hydrogens is 128 g/mol. The first-order valence-electron chi connectivity index (χ1n) is 3.64. The summed E-state index contributed by atoms with van der Waals surface area (Å²) in [6.45, 7) is 4.58. The van der Waals surface area contributed by atoms with Crippen molar-refractivity contribution in [2.24, 2.45) is 0 Å². The first-order valence-corrected chi connectivity index (χ1v) is 4.97. The Morgan fingerprint density at radius 1 is 1.56 bits per heavy atom. The van der Waals surface area contributed by atoms with Crippen LogP contribution in [0.25, 0.3) is 0 Å². The Balaban J connectivity index is 2.35. The molecule has 1 fully saturated rings. The first kappa shape index (κ1) is 7.25. The van der Waals surface area contributed by atoms with Gasteiger partial charge in [-0.25, -0.2) is 0 Å². The minimum absolute atomic E-state index is 0.0787. The van der Waals surface area contributed by atoms with Crippen molar-refractivity contribution in [1.82, 2.24) is 9.55 Å². The van der Waals surface area contributed by atoms with Gasteiger partial charge in [-0.3, -0.25) is 0 Å². The van der Waals surface area contributed by atoms with Crippen LogP contribution in [-0.4, -0.2) is 33.5 Å². The van der Waals surface area contributed by atoms with Gasteiger partial charge < -0.3 is 9.55 Å². The molecule has 0 aromatic heterocycles. The Hall–Kier alpha value is 0.137. The minimum Gasteiger partial charge on any atom is -0.328 e. The minimum atomic E-state index is -0.0787. The van der Waals surface area contributed by atoms with Gasteiger partial charge in [0.1, 0.15) is 0 Å². The van der Waals surface area contributed by atoms with Gasteiger partial charge in [0, 0.05) is 6.04 Å². The summed E-state index contributed by atoms with van der Waals surface area (Å²) < 4.78 is 2.47. The summed E-state index contributed by atoms with van der Waals surface area (Å²) in [5, 5.41) is 0. The van der Waals surface area contributed by atoms with Gasteiger partial charge >= 0.3 is 0 Å². The molecule has 2 atom stereocenters. The summed E-state index contributed by atoms with van der Waals surface area (Å²) in [7, 11) is 2.14. The summed E-state index contributed by atoms with van der Waals surface area (Å²) in [5.74, 6) is 0. The summed E-state index contributed by atoms with van der Waals surface area (Å²) in [6.07, 6.45) is 1.31. The van der Waals surface area contributed by atoms with Crippen LogP contribution in [0.15, 0.2) is 0 Å². The normalized spacial score (nSPS) is 41.7. The van der Waals surface area contributed by atoms with E-state index in [-0.39, 0.29) is 9.84 Å². The summed E-state index contributed by atoms with van der Waals surface area (Å²) in [4.78, 5) is 3.53. The highest BCUT2D eigenvalue weighted by Gasteiger charge is 2.18. The maximum atomic E-state index is 3.53. The zero-order valence-corrected chi connectivity index (χ0v) is 7.93. The fraction of sp³-hybridized carbons (Fsp3) is 1.00. The van der Waals surface area contributed by atoms with Gasteiger partial charge in [0.25, 0.3) is 0 Å². The second-order valence-electron chi connectivity index (χ2n) is 3.11. The second-order valence-corrected chi connectivity index (χ2v) is 4.83. The Kier molecular flexibility index (Phi) is 2.27. The molecule has 1 aliphatic heterocycles. The van der Waals surface area contributed by atoms with Crippen LogP contribution in [0.5, 0.6) is 0 Å². The molecule has 0 saturated carbocycles. The standard InChI is InChI=1S/C6H16N2Si/c1-5-4-6(2)8(3)9-7-5/h5-7H,4,9H2,1-3H3. The van der Waals surface area contributed by atoms with Crippen molar-refractivity contribution in [1.29, 1.82) is 0 Å². The smallest absolute Gasteiger partial charge is 0.170 e. The Labute approximate surface area is 59.6 Å². The molecule has 1 N–H and O–H groups in total. The molecule has 0 aromatic carbocycles. The van der Waals surface area contributed by atoms with Crippen LogP contribution in [0.3, 0.4) is 0 Å². The van der Waals surface area contributed by atoms with Crippen LogP contribution in [-0.2, 0) is 0 Å². The molecule has 9 heavy (non-hydrogen) atoms. The zero-order chi connectivity index (χ0) is 6.85. The molecule has 54 valence electrons. The lowest BCUT2D eigenvalue weighted by molar-refractivity contribution is 0.323. The number of hydrogen-bond donors (Lipinski definition) is 1. The second kappa shape index (κ2) is 2.81. The number of rotatable bonds is 0. The van der Waals surface area contributed by atoms with E-state index in [2.05, 4.69) is 30.4 Å². The lowest BCUT2D eigenvalue weighted by Crippen LogP contribution is -2.51. The lowest BCUT2D eigenvalue weighted by Gasteiger charge is -2.34. The van der Waals surface area contributed by atoms with Crippen LogP contribution in [0.4, 0.5) is 0 Å². The van der Waals surface area contributed by atoms with Crippen LogP contribution in [0.1, 0.15) is 20.3 Å². The van der Waals surface area contributed by atoms with Gasteiger partial charge in [-0.1, -0.05) is 13.8 Å². The SMILES string of the molecule is CC1CC(C)N(C)[SiH2]N1. The van der Waals surface area contributed by atoms with E-state index in [4.69, 9.17) is 0 Å². The molecular formula is C6H16N2Si. The average molecular weight is 144 g/mol. The Bertz CT molecular complexity index is 97.1. The van der Waals surface area contributed by atoms with Crippen molar-refractivity contribution >= 4 is 9.84 Å². The van der Waals surface area contributed by atoms with Crippen LogP contribution >= 0.6 is 0 Å². The molecule has 1 rings (SSSR count). The van der Waals surface area contributed by atoms with Crippen LogP contribution < -0.4 is 4.98 Å². The summed E-state index contributed by atoms with van der Waals surface area (Å²) in [5.41, 5.74) is 0. The van der Waals surface area contributed by atoms with Crippen LogP contribution in [0.2, 0.25) is 0 Å². The third kappa shape index (κ3) is 1.78. The van der Waals surface area contributed by atoms with Gasteiger partial charge in [0.2, 0.25) is 0 Å². The molecule has 1 saturated heterocycles. The van der Waals surface area contributed by atoms with Crippen molar-refractivity contribution < 1.29 is 0 Å². The van der Waals surface area contributed by atoms with E-state index >= 15 is 0 Å². The predicted octanol–water partition coefficient (Wildman–Crippen LogP) is -0.313. The molecule has 1 aliphatic rings. The lowest BCUT2D eigenvalue weighted by atomic mass is 10.1. The van der Waals surface area contributed by atoms with Crippen molar-refractivity contribution in [3.05, 3.63) is 0 Å². The molecule has 0 amide bonds. The molecule has 2 unspecified atom stereocenters. The molecule has 0 bridgehead atoms. The first-order chi connectivity index (χ1) is 4.20. The van der Waals surface area contributed by atoms with Gasteiger partial charge in [0.15, 0.2) is 9.84 Å². The predicted molar refractivity (Wildman–Crippen MR) is 43.0 cm³/mol. The van der Waals surface area contributed by atoms with Gasteiger partial charge in [0.05, 0.1) is 0 Å². The maximum absolute atomic E-state index is 3.53. The molecule has 0 aliphatic carbocycles. The van der Waals surface area contributed by atoms with Gasteiger partial charge in [-0.05, 0) is 19.5 Å². The molecule has 2 nitrogen and oxygen atoms in total. The number of nitrogens with one attached hydrogen (secondary N) is 1. The number of hydrogen-bond acceptors (Lipinski definition) is 2. The summed E-state index contributed by atoms with van der Waals surface area (Å²) in [6, 6.07) is 1.58. The molecule has 0 spiro atoms. The molecule has 0 aromatic rings. The monoisotopic (exact) mass is 144 g/mol. The van der Waals surface area contributed by atoms with Crippen molar-refractivity contribution in [2.75, 3.05) is 7.05 Å². The highest BCUT2D eigenvalue weighted by molar-refractivity contribution is 6.29. The topological polar surface area (TPSA) is 15.3 Å². The van der Waals surface area contributed by atoms with E-state index < -0.39 is 0 Å². The van der Waals surface area contributed by atoms with Crippen LogP contribution in [0, 0.1) is 0 Å². The molecule has 1 heterocycles. The highest BCUT2D eigenvalue weighted by atomic mass is 28.2. The van der Waals surface area contributed by atoms with E-state index in [0.717, 1.165) is 12.1 Å². The van der Waals surface area contributed by atoms with E-state index in [1.54, 1.807) is 0 Å². The third-order valence-corrected chi connectivity index (χ3v) is 4.14. The Morgan fingerprint density at radius 2 is 2.22 bits per heavy atom. The number of nitrogens with zero attached hydrogens (tertiary/aromatic N) is 1. The van der Waals surface area contributed by atoms with Gasteiger partial charge in [-0.15, -0.1) is 0 Å². The van der Waals surface area contributed by atoms with E-state index in [9.17, 15) is 0 Å². The van der Waals surface area contributed by atoms with Gasteiger partial charge in [-0.2, -0.15) is 0 Å². The quantitative estimate of drug-likeness (QED) is 0.469. The van der Waals surface area contributed by atoms with E-state index in [1.807, 2.05) is 0 Å². The largest absolute Gasteiger partial charge is 0.328 e. The highest BCUT2D eigenvalue weighted by Crippen LogP contribution is 2.06. The fourth-order valence-corrected chi connectivity index (χ4v) is 2.46. The van der Waals surface area contributed by atoms with E-state index in [0.29, 0.717) is 0 Å². The fourth-order valence-electron chi connectivity index (χ4n) is 1.23. The maximum Gasteiger partial charge on any atom is 0.170 e. The molecule has 3 heteroatoms. The van der Waals surface area contributed by atoms with E-state index in [1.165, 1.54) is 6.42 Å². The zero-order valence-electron chi connectivity index (χ0n) is 6.52. The summed E-state index contributed by atoms with van der Waals surface area (Å²) >= 11 is 0. The van der Waals surface area contributed by atoms with Crippen molar-refractivity contribution in [3.8, 4) is 0 Å².